The Morgan fingerprint density at radius 2 is 1.54 bits per heavy atom. The molecular formula is C33H50O6. The SMILES string of the molecule is CC(=O)O[C@H]1CCC2(C)[C@H]3CC[C@@H]4C5C(C(C)C)C(=O)C[C@]5(C(=O)C(=O)O)CC[C@@]4(C)[C@]3(C)CC[C@H]2C1(C)C. The van der Waals surface area contributed by atoms with E-state index in [1.807, 2.05) is 0 Å². The van der Waals surface area contributed by atoms with E-state index in [-0.39, 0.29) is 69.6 Å². The zero-order chi connectivity index (χ0) is 28.9. The minimum atomic E-state index is -1.37. The standard InChI is InChI=1S/C33H50O6/c1-18(2)25-21(35)17-33(27(36)28(37)38)16-15-31(7)20(26(25)33)9-10-23-30(6)13-12-24(39-19(3)34)29(4,5)22(30)11-14-32(23,31)8/h18,20,22-26H,9-17H2,1-8H3,(H,37,38)/t20-,22+,23-,24+,25?,26?,30?,31-,32-,33-/m1/s1. The molecular weight excluding hydrogens is 492 g/mol. The van der Waals surface area contributed by atoms with Gasteiger partial charge in [-0.1, -0.05) is 48.5 Å². The van der Waals surface area contributed by atoms with Gasteiger partial charge in [-0.3, -0.25) is 14.4 Å². The van der Waals surface area contributed by atoms with Crippen molar-refractivity contribution in [2.45, 2.75) is 119 Å². The number of aliphatic carboxylic acids is 1. The highest BCUT2D eigenvalue weighted by atomic mass is 16.5. The number of carbonyl (C=O) groups is 4. The number of ether oxygens (including phenoxy) is 1. The van der Waals surface area contributed by atoms with Gasteiger partial charge in [0, 0.05) is 24.7 Å². The molecule has 1 N–H and O–H groups in total. The van der Waals surface area contributed by atoms with Gasteiger partial charge in [0.15, 0.2) is 0 Å². The van der Waals surface area contributed by atoms with Crippen LogP contribution in [0.5, 0.6) is 0 Å². The van der Waals surface area contributed by atoms with E-state index < -0.39 is 17.2 Å². The second-order valence-electron chi connectivity index (χ2n) is 15.9. The molecule has 0 aliphatic heterocycles. The normalized spacial score (nSPS) is 48.4. The monoisotopic (exact) mass is 542 g/mol. The van der Waals surface area contributed by atoms with E-state index in [4.69, 9.17) is 4.74 Å². The molecule has 3 unspecified atom stereocenters. The minimum absolute atomic E-state index is 0.0388. The number of carboxylic acids is 1. The van der Waals surface area contributed by atoms with Gasteiger partial charge in [0.05, 0.1) is 5.41 Å². The van der Waals surface area contributed by atoms with Gasteiger partial charge in [0.25, 0.3) is 0 Å². The second-order valence-corrected chi connectivity index (χ2v) is 15.9. The van der Waals surface area contributed by atoms with E-state index in [9.17, 15) is 24.3 Å². The molecule has 5 aliphatic carbocycles. The number of rotatable bonds is 4. The molecule has 0 bridgehead atoms. The van der Waals surface area contributed by atoms with Crippen molar-refractivity contribution in [1.29, 1.82) is 0 Å². The summed E-state index contributed by atoms with van der Waals surface area (Å²) >= 11 is 0. The number of hydrogen-bond acceptors (Lipinski definition) is 5. The highest BCUT2D eigenvalue weighted by molar-refractivity contribution is 6.35. The first-order valence-corrected chi connectivity index (χ1v) is 15.4. The fourth-order valence-electron chi connectivity index (χ4n) is 12.2. The van der Waals surface area contributed by atoms with E-state index in [1.54, 1.807) is 0 Å². The summed E-state index contributed by atoms with van der Waals surface area (Å²) in [6.07, 6.45) is 7.43. The number of carboxylic acid groups (broad SMARTS) is 1. The molecule has 0 aromatic heterocycles. The van der Waals surface area contributed by atoms with Gasteiger partial charge in [-0.25, -0.2) is 4.79 Å². The zero-order valence-corrected chi connectivity index (χ0v) is 25.4. The largest absolute Gasteiger partial charge is 0.475 e. The van der Waals surface area contributed by atoms with Crippen molar-refractivity contribution >= 4 is 23.5 Å². The fraction of sp³-hybridized carbons (Fsp3) is 0.879. The van der Waals surface area contributed by atoms with Crippen LogP contribution in [0.3, 0.4) is 0 Å². The van der Waals surface area contributed by atoms with Crippen LogP contribution in [0.2, 0.25) is 0 Å². The molecule has 5 saturated carbocycles. The number of carbonyl (C=O) groups excluding carboxylic acids is 3. The summed E-state index contributed by atoms with van der Waals surface area (Å²) in [4.78, 5) is 50.9. The Hall–Kier alpha value is -1.72. The number of fused-ring (bicyclic) bond motifs is 7. The Kier molecular flexibility index (Phi) is 6.56. The summed E-state index contributed by atoms with van der Waals surface area (Å²) in [5.41, 5.74) is -1.05. The topological polar surface area (TPSA) is 97.7 Å². The molecule has 0 heterocycles. The van der Waals surface area contributed by atoms with E-state index in [0.29, 0.717) is 18.3 Å². The maximum absolute atomic E-state index is 13.5. The average molecular weight is 543 g/mol. The molecule has 5 fully saturated rings. The van der Waals surface area contributed by atoms with Gasteiger partial charge in [-0.15, -0.1) is 0 Å². The first kappa shape index (κ1) is 28.8. The maximum Gasteiger partial charge on any atom is 0.372 e. The van der Waals surface area contributed by atoms with Gasteiger partial charge in [0.1, 0.15) is 11.9 Å². The van der Waals surface area contributed by atoms with Crippen LogP contribution in [0.1, 0.15) is 113 Å². The molecule has 5 aliphatic rings. The number of Topliss-reactive ketones (excluding diaryl/α,β-unsaturated/α-hetero) is 2. The minimum Gasteiger partial charge on any atom is -0.475 e. The van der Waals surface area contributed by atoms with Crippen molar-refractivity contribution < 1.29 is 29.0 Å². The van der Waals surface area contributed by atoms with E-state index in [2.05, 4.69) is 48.5 Å². The fourth-order valence-corrected chi connectivity index (χ4v) is 12.2. The molecule has 0 spiro atoms. The highest BCUT2D eigenvalue weighted by Crippen LogP contribution is 2.77. The quantitative estimate of drug-likeness (QED) is 0.322. The molecule has 218 valence electrons. The lowest BCUT2D eigenvalue weighted by Crippen LogP contribution is -2.67. The second kappa shape index (κ2) is 8.89. The molecule has 39 heavy (non-hydrogen) atoms. The van der Waals surface area contributed by atoms with Gasteiger partial charge < -0.3 is 9.84 Å². The molecule has 6 nitrogen and oxygen atoms in total. The highest BCUT2D eigenvalue weighted by Gasteiger charge is 2.73. The summed E-state index contributed by atoms with van der Waals surface area (Å²) in [5, 5.41) is 9.88. The molecule has 0 saturated heterocycles. The van der Waals surface area contributed by atoms with Gasteiger partial charge >= 0.3 is 11.9 Å². The molecule has 6 heteroatoms. The van der Waals surface area contributed by atoms with Crippen molar-refractivity contribution in [2.75, 3.05) is 0 Å². The van der Waals surface area contributed by atoms with Gasteiger partial charge in [-0.2, -0.15) is 0 Å². The number of ketones is 2. The molecule has 0 radical (unpaired) electrons. The first-order valence-electron chi connectivity index (χ1n) is 15.4. The molecule has 0 amide bonds. The summed E-state index contributed by atoms with van der Waals surface area (Å²) < 4.78 is 5.86. The van der Waals surface area contributed by atoms with Crippen LogP contribution in [0.15, 0.2) is 0 Å². The zero-order valence-electron chi connectivity index (χ0n) is 25.4. The Morgan fingerprint density at radius 3 is 2.13 bits per heavy atom. The van der Waals surface area contributed by atoms with Gasteiger partial charge in [0.2, 0.25) is 5.78 Å². The van der Waals surface area contributed by atoms with E-state index in [0.717, 1.165) is 44.9 Å². The van der Waals surface area contributed by atoms with Crippen molar-refractivity contribution in [3.63, 3.8) is 0 Å². The average Bonchev–Trinajstić information content (AvgIpc) is 3.13. The van der Waals surface area contributed by atoms with Crippen LogP contribution >= 0.6 is 0 Å². The molecule has 0 aromatic rings. The van der Waals surface area contributed by atoms with Crippen molar-refractivity contribution in [3.05, 3.63) is 0 Å². The summed E-state index contributed by atoms with van der Waals surface area (Å²) in [6.45, 7) is 17.7. The van der Waals surface area contributed by atoms with Crippen LogP contribution < -0.4 is 0 Å². The predicted molar refractivity (Wildman–Crippen MR) is 148 cm³/mol. The lowest BCUT2D eigenvalue weighted by Gasteiger charge is -2.72. The van der Waals surface area contributed by atoms with Crippen LogP contribution in [0.4, 0.5) is 0 Å². The van der Waals surface area contributed by atoms with Crippen LogP contribution in [-0.4, -0.2) is 34.7 Å². The third-order valence-electron chi connectivity index (χ3n) is 14.0. The lowest BCUT2D eigenvalue weighted by molar-refractivity contribution is -0.250. The Morgan fingerprint density at radius 1 is 0.872 bits per heavy atom. The van der Waals surface area contributed by atoms with Crippen molar-refractivity contribution in [3.8, 4) is 0 Å². The Labute approximate surface area is 234 Å². The van der Waals surface area contributed by atoms with E-state index >= 15 is 0 Å². The third kappa shape index (κ3) is 3.64. The molecule has 10 atom stereocenters. The van der Waals surface area contributed by atoms with Crippen LogP contribution in [0.25, 0.3) is 0 Å². The van der Waals surface area contributed by atoms with Crippen molar-refractivity contribution in [1.82, 2.24) is 0 Å². The molecule has 0 aromatic carbocycles. The Bertz CT molecular complexity index is 1090. The van der Waals surface area contributed by atoms with Crippen LogP contribution in [-0.2, 0) is 23.9 Å². The Balaban J connectivity index is 1.55. The van der Waals surface area contributed by atoms with Crippen LogP contribution in [0, 0.1) is 62.6 Å². The predicted octanol–water partition coefficient (Wildman–Crippen LogP) is 6.49. The lowest BCUT2D eigenvalue weighted by atomic mass is 9.32. The smallest absolute Gasteiger partial charge is 0.372 e. The summed E-state index contributed by atoms with van der Waals surface area (Å²) in [7, 11) is 0. The van der Waals surface area contributed by atoms with Crippen molar-refractivity contribution in [2.24, 2.45) is 62.6 Å². The van der Waals surface area contributed by atoms with Gasteiger partial charge in [-0.05, 0) is 97.2 Å². The summed E-state index contributed by atoms with van der Waals surface area (Å²) in [5.74, 6) is -1.42. The maximum atomic E-state index is 13.5. The molecule has 5 rings (SSSR count). The van der Waals surface area contributed by atoms with E-state index in [1.165, 1.54) is 6.92 Å². The number of esters is 1. The number of hydrogen-bond donors (Lipinski definition) is 1. The summed E-state index contributed by atoms with van der Waals surface area (Å²) in [6, 6.07) is 0. The first-order chi connectivity index (χ1) is 18.0. The third-order valence-corrected chi connectivity index (χ3v) is 14.0.